The molecule has 96 valence electrons. The molecule has 0 fully saturated rings. The number of carboxylic acids is 1. The van der Waals surface area contributed by atoms with Crippen molar-refractivity contribution in [3.8, 4) is 0 Å². The molecule has 0 saturated heterocycles. The van der Waals surface area contributed by atoms with Gasteiger partial charge in [-0.3, -0.25) is 9.89 Å². The summed E-state index contributed by atoms with van der Waals surface area (Å²) < 4.78 is 0. The van der Waals surface area contributed by atoms with Gasteiger partial charge >= 0.3 is 5.97 Å². The van der Waals surface area contributed by atoms with E-state index < -0.39 is 5.97 Å². The van der Waals surface area contributed by atoms with Gasteiger partial charge in [-0.05, 0) is 11.1 Å². The molecular formula is C13H11N3O3. The smallest absolute Gasteiger partial charge is 0.339 e. The summed E-state index contributed by atoms with van der Waals surface area (Å²) in [4.78, 5) is 24.9. The molecule has 1 aromatic carbocycles. The van der Waals surface area contributed by atoms with E-state index in [4.69, 9.17) is 5.11 Å². The van der Waals surface area contributed by atoms with Gasteiger partial charge in [0.05, 0.1) is 6.20 Å². The lowest BCUT2D eigenvalue weighted by Gasteiger charge is -2.14. The summed E-state index contributed by atoms with van der Waals surface area (Å²) in [6.45, 7) is 0.986. The SMILES string of the molecule is O=C(O)c1cn[nH]c1C(=O)N1Cc2ccccc2C1. The number of carbonyl (C=O) groups excluding carboxylic acids is 1. The van der Waals surface area contributed by atoms with Gasteiger partial charge in [-0.25, -0.2) is 4.79 Å². The Morgan fingerprint density at radius 3 is 2.42 bits per heavy atom. The van der Waals surface area contributed by atoms with Crippen molar-refractivity contribution in [3.05, 3.63) is 52.8 Å². The van der Waals surface area contributed by atoms with Gasteiger partial charge in [-0.1, -0.05) is 24.3 Å². The number of aromatic carboxylic acids is 1. The molecule has 2 N–H and O–H groups in total. The van der Waals surface area contributed by atoms with Crippen molar-refractivity contribution in [2.75, 3.05) is 0 Å². The van der Waals surface area contributed by atoms with Crippen LogP contribution in [0, 0.1) is 0 Å². The van der Waals surface area contributed by atoms with E-state index in [0.29, 0.717) is 13.1 Å². The number of aromatic amines is 1. The number of nitrogens with zero attached hydrogens (tertiary/aromatic N) is 2. The van der Waals surface area contributed by atoms with Crippen molar-refractivity contribution in [1.82, 2.24) is 15.1 Å². The van der Waals surface area contributed by atoms with Crippen LogP contribution in [0.2, 0.25) is 0 Å². The van der Waals surface area contributed by atoms with Crippen LogP contribution >= 0.6 is 0 Å². The Bertz CT molecular complexity index is 638. The Hall–Kier alpha value is -2.63. The minimum Gasteiger partial charge on any atom is -0.478 e. The lowest BCUT2D eigenvalue weighted by Crippen LogP contribution is -2.27. The number of fused-ring (bicyclic) bond motifs is 1. The quantitative estimate of drug-likeness (QED) is 0.848. The normalized spacial score (nSPS) is 13.4. The molecule has 0 saturated carbocycles. The maximum Gasteiger partial charge on any atom is 0.339 e. The average molecular weight is 257 g/mol. The van der Waals surface area contributed by atoms with E-state index >= 15 is 0 Å². The lowest BCUT2D eigenvalue weighted by molar-refractivity contribution is 0.0673. The number of carboxylic acid groups (broad SMARTS) is 1. The van der Waals surface area contributed by atoms with Gasteiger partial charge in [0, 0.05) is 13.1 Å². The number of rotatable bonds is 2. The van der Waals surface area contributed by atoms with Crippen molar-refractivity contribution >= 4 is 11.9 Å². The second-order valence-corrected chi connectivity index (χ2v) is 4.39. The van der Waals surface area contributed by atoms with Crippen LogP contribution in [0.15, 0.2) is 30.5 Å². The van der Waals surface area contributed by atoms with Gasteiger partial charge < -0.3 is 10.0 Å². The number of benzene rings is 1. The highest BCUT2D eigenvalue weighted by Crippen LogP contribution is 2.24. The monoisotopic (exact) mass is 257 g/mol. The fraction of sp³-hybridized carbons (Fsp3) is 0.154. The maximum absolute atomic E-state index is 12.3. The number of aromatic nitrogens is 2. The minimum absolute atomic E-state index is 0.0281. The molecule has 1 aliphatic rings. The molecule has 19 heavy (non-hydrogen) atoms. The highest BCUT2D eigenvalue weighted by atomic mass is 16.4. The van der Waals surface area contributed by atoms with Gasteiger partial charge in [-0.15, -0.1) is 0 Å². The highest BCUT2D eigenvalue weighted by Gasteiger charge is 2.28. The third kappa shape index (κ3) is 1.87. The van der Waals surface area contributed by atoms with E-state index in [1.54, 1.807) is 4.90 Å². The first-order chi connectivity index (χ1) is 9.16. The molecule has 0 atom stereocenters. The van der Waals surface area contributed by atoms with E-state index in [2.05, 4.69) is 10.2 Å². The summed E-state index contributed by atoms with van der Waals surface area (Å²) in [6.07, 6.45) is 1.15. The Kier molecular flexibility index (Phi) is 2.56. The van der Waals surface area contributed by atoms with Crippen LogP contribution in [0.1, 0.15) is 32.0 Å². The molecule has 2 heterocycles. The number of carbonyl (C=O) groups is 2. The molecule has 2 aromatic rings. The largest absolute Gasteiger partial charge is 0.478 e. The van der Waals surface area contributed by atoms with Crippen LogP contribution in [-0.2, 0) is 13.1 Å². The summed E-state index contributed by atoms with van der Waals surface area (Å²) >= 11 is 0. The topological polar surface area (TPSA) is 86.3 Å². The minimum atomic E-state index is -1.16. The van der Waals surface area contributed by atoms with E-state index in [1.165, 1.54) is 0 Å². The fourth-order valence-electron chi connectivity index (χ4n) is 2.25. The second kappa shape index (κ2) is 4.24. The molecule has 3 rings (SSSR count). The van der Waals surface area contributed by atoms with Gasteiger partial charge in [-0.2, -0.15) is 5.10 Å². The van der Waals surface area contributed by atoms with Crippen LogP contribution in [0.3, 0.4) is 0 Å². The summed E-state index contributed by atoms with van der Waals surface area (Å²) in [5, 5.41) is 15.1. The molecule has 0 unspecified atom stereocenters. The van der Waals surface area contributed by atoms with E-state index in [9.17, 15) is 9.59 Å². The van der Waals surface area contributed by atoms with E-state index in [-0.39, 0.29) is 17.2 Å². The van der Waals surface area contributed by atoms with Crippen LogP contribution in [-0.4, -0.2) is 32.1 Å². The predicted octanol–water partition coefficient (Wildman–Crippen LogP) is 1.26. The zero-order valence-corrected chi connectivity index (χ0v) is 9.96. The summed E-state index contributed by atoms with van der Waals surface area (Å²) in [7, 11) is 0. The molecule has 0 bridgehead atoms. The Morgan fingerprint density at radius 1 is 1.21 bits per heavy atom. The molecule has 0 radical (unpaired) electrons. The predicted molar refractivity (Wildman–Crippen MR) is 65.6 cm³/mol. The van der Waals surface area contributed by atoms with E-state index in [0.717, 1.165) is 17.3 Å². The first-order valence-corrected chi connectivity index (χ1v) is 5.79. The fourth-order valence-corrected chi connectivity index (χ4v) is 2.25. The molecule has 1 amide bonds. The Labute approximate surface area is 108 Å². The van der Waals surface area contributed by atoms with Crippen molar-refractivity contribution < 1.29 is 14.7 Å². The standard InChI is InChI=1S/C13H11N3O3/c17-12(11-10(13(18)19)5-14-15-11)16-6-8-3-1-2-4-9(8)7-16/h1-5H,6-7H2,(H,14,15)(H,18,19). The molecule has 6 heteroatoms. The number of amides is 1. The summed E-state index contributed by atoms with van der Waals surface area (Å²) in [5.74, 6) is -1.50. The Balaban J connectivity index is 1.87. The van der Waals surface area contributed by atoms with Gasteiger partial charge in [0.1, 0.15) is 11.3 Å². The van der Waals surface area contributed by atoms with Crippen LogP contribution in [0.25, 0.3) is 0 Å². The van der Waals surface area contributed by atoms with Crippen molar-refractivity contribution in [2.24, 2.45) is 0 Å². The summed E-state index contributed by atoms with van der Waals surface area (Å²) in [6, 6.07) is 7.78. The second-order valence-electron chi connectivity index (χ2n) is 4.39. The zero-order chi connectivity index (χ0) is 13.4. The number of nitrogens with one attached hydrogen (secondary N) is 1. The van der Waals surface area contributed by atoms with Gasteiger partial charge in [0.25, 0.3) is 5.91 Å². The molecule has 0 aliphatic carbocycles. The molecule has 1 aliphatic heterocycles. The molecular weight excluding hydrogens is 246 g/mol. The number of hydrogen-bond acceptors (Lipinski definition) is 3. The third-order valence-corrected chi connectivity index (χ3v) is 3.21. The van der Waals surface area contributed by atoms with Crippen molar-refractivity contribution in [2.45, 2.75) is 13.1 Å². The van der Waals surface area contributed by atoms with Crippen LogP contribution in [0.4, 0.5) is 0 Å². The third-order valence-electron chi connectivity index (χ3n) is 3.21. The van der Waals surface area contributed by atoms with E-state index in [1.807, 2.05) is 24.3 Å². The maximum atomic E-state index is 12.3. The highest BCUT2D eigenvalue weighted by molar-refractivity contribution is 6.03. The first kappa shape index (κ1) is 11.5. The van der Waals surface area contributed by atoms with Crippen LogP contribution < -0.4 is 0 Å². The van der Waals surface area contributed by atoms with Crippen molar-refractivity contribution in [1.29, 1.82) is 0 Å². The number of hydrogen-bond donors (Lipinski definition) is 2. The zero-order valence-electron chi connectivity index (χ0n) is 9.96. The first-order valence-electron chi connectivity index (χ1n) is 5.79. The van der Waals surface area contributed by atoms with Gasteiger partial charge in [0.15, 0.2) is 0 Å². The lowest BCUT2D eigenvalue weighted by atomic mass is 10.1. The van der Waals surface area contributed by atoms with Gasteiger partial charge in [0.2, 0.25) is 0 Å². The van der Waals surface area contributed by atoms with Crippen molar-refractivity contribution in [3.63, 3.8) is 0 Å². The number of H-pyrrole nitrogens is 1. The molecule has 0 spiro atoms. The molecule has 1 aromatic heterocycles. The Morgan fingerprint density at radius 2 is 1.84 bits per heavy atom. The van der Waals surface area contributed by atoms with Crippen LogP contribution in [0.5, 0.6) is 0 Å². The summed E-state index contributed by atoms with van der Waals surface area (Å²) in [5.41, 5.74) is 2.11. The molecule has 6 nitrogen and oxygen atoms in total. The average Bonchev–Trinajstić information content (AvgIpc) is 3.04.